The Morgan fingerprint density at radius 3 is 2.50 bits per heavy atom. The minimum Gasteiger partial charge on any atom is -0.340 e. The molecule has 0 spiro atoms. The van der Waals surface area contributed by atoms with Gasteiger partial charge in [-0.3, -0.25) is 9.00 Å². The Morgan fingerprint density at radius 2 is 1.82 bits per heavy atom. The first-order chi connectivity index (χ1) is 13.2. The van der Waals surface area contributed by atoms with E-state index in [4.69, 9.17) is 0 Å². The first-order valence-corrected chi connectivity index (χ1v) is 10.1. The van der Waals surface area contributed by atoms with E-state index in [1.54, 1.807) is 6.07 Å². The van der Waals surface area contributed by atoms with Crippen LogP contribution in [0.3, 0.4) is 0 Å². The maximum atomic E-state index is 13.7. The monoisotopic (exact) mass is 409 g/mol. The number of hydrogen-bond acceptors (Lipinski definition) is 2. The molecule has 3 nitrogen and oxygen atoms in total. The Bertz CT molecular complexity index is 1100. The van der Waals surface area contributed by atoms with Crippen molar-refractivity contribution in [2.75, 3.05) is 5.75 Å². The highest BCUT2D eigenvalue weighted by atomic mass is 32.2. The molecule has 0 radical (unpaired) electrons. The number of halogens is 4. The molecule has 8 heteroatoms. The lowest BCUT2D eigenvalue weighted by atomic mass is 10.1. The number of ketones is 1. The Hall–Kier alpha value is -2.48. The van der Waals surface area contributed by atoms with E-state index in [-0.39, 0.29) is 5.82 Å². The predicted octanol–water partition coefficient (Wildman–Crippen LogP) is 4.38. The molecular formula is C20H15F4NO2S. The summed E-state index contributed by atoms with van der Waals surface area (Å²) in [5.41, 5.74) is 2.93. The molecule has 1 atom stereocenters. The molecule has 0 N–H and O–H groups in total. The molecule has 1 aliphatic heterocycles. The third kappa shape index (κ3) is 3.37. The van der Waals surface area contributed by atoms with E-state index in [9.17, 15) is 26.6 Å². The van der Waals surface area contributed by atoms with E-state index in [0.29, 0.717) is 29.9 Å². The van der Waals surface area contributed by atoms with Gasteiger partial charge < -0.3 is 4.57 Å². The van der Waals surface area contributed by atoms with Crippen LogP contribution in [0.15, 0.2) is 42.5 Å². The molecule has 0 amide bonds. The van der Waals surface area contributed by atoms with Gasteiger partial charge in [0, 0.05) is 45.3 Å². The van der Waals surface area contributed by atoms with Crippen molar-refractivity contribution in [1.29, 1.82) is 0 Å². The van der Waals surface area contributed by atoms with E-state index in [0.717, 1.165) is 34.5 Å². The highest BCUT2D eigenvalue weighted by molar-refractivity contribution is 7.84. The lowest BCUT2D eigenvalue weighted by Crippen LogP contribution is -2.22. The summed E-state index contributed by atoms with van der Waals surface area (Å²) in [5, 5.41) is 0.715. The number of nitrogens with zero attached hydrogens (tertiary/aromatic N) is 1. The largest absolute Gasteiger partial charge is 0.454 e. The van der Waals surface area contributed by atoms with E-state index >= 15 is 0 Å². The molecule has 1 unspecified atom stereocenters. The number of hydrogen-bond donors (Lipinski definition) is 0. The second-order valence-electron chi connectivity index (χ2n) is 6.73. The van der Waals surface area contributed by atoms with Crippen molar-refractivity contribution in [2.24, 2.45) is 0 Å². The summed E-state index contributed by atoms with van der Waals surface area (Å²) >= 11 is 0. The standard InChI is InChI=1S/C20H15F4NO2S/c21-14-5-6-17-15(9-14)16-11-28(27)8-7-18(16)25(17)10-12-1-3-13(4-2-12)19(26)20(22,23)24/h1-6,9H,7-8,10-11H2. The molecule has 4 rings (SSSR count). The highest BCUT2D eigenvalue weighted by Gasteiger charge is 2.39. The van der Waals surface area contributed by atoms with Crippen LogP contribution < -0.4 is 0 Å². The zero-order valence-electron chi connectivity index (χ0n) is 14.6. The fraction of sp³-hybridized carbons (Fsp3) is 0.250. The van der Waals surface area contributed by atoms with Crippen LogP contribution in [0.4, 0.5) is 17.6 Å². The van der Waals surface area contributed by atoms with E-state index < -0.39 is 28.3 Å². The number of carbonyl (C=O) groups excluding carboxylic acids is 1. The van der Waals surface area contributed by atoms with Gasteiger partial charge in [-0.1, -0.05) is 24.3 Å². The van der Waals surface area contributed by atoms with Crippen LogP contribution in [0.1, 0.15) is 27.2 Å². The topological polar surface area (TPSA) is 39.1 Å². The fourth-order valence-electron chi connectivity index (χ4n) is 3.63. The summed E-state index contributed by atoms with van der Waals surface area (Å²) in [6, 6.07) is 9.75. The molecule has 0 saturated carbocycles. The molecule has 146 valence electrons. The van der Waals surface area contributed by atoms with Gasteiger partial charge in [0.15, 0.2) is 0 Å². The van der Waals surface area contributed by atoms with Crippen LogP contribution in [0, 0.1) is 5.82 Å². The molecule has 2 aromatic carbocycles. The van der Waals surface area contributed by atoms with Crippen LogP contribution in [0.5, 0.6) is 0 Å². The summed E-state index contributed by atoms with van der Waals surface area (Å²) in [6.45, 7) is 0.366. The number of carbonyl (C=O) groups is 1. The number of Topliss-reactive ketones (excluding diaryl/α,β-unsaturated/α-hetero) is 1. The number of aromatic nitrogens is 1. The molecule has 28 heavy (non-hydrogen) atoms. The van der Waals surface area contributed by atoms with Gasteiger partial charge in [-0.2, -0.15) is 13.2 Å². The maximum absolute atomic E-state index is 13.7. The SMILES string of the molecule is O=C(c1ccc(Cn2c3c(c4cc(F)ccc42)CS(=O)CC3)cc1)C(F)(F)F. The Kier molecular flexibility index (Phi) is 4.61. The first kappa shape index (κ1) is 18.9. The third-order valence-corrected chi connectivity index (χ3v) is 6.20. The van der Waals surface area contributed by atoms with Crippen molar-refractivity contribution >= 4 is 27.5 Å². The minimum atomic E-state index is -4.91. The minimum absolute atomic E-state index is 0.362. The van der Waals surface area contributed by atoms with E-state index in [1.807, 2.05) is 4.57 Å². The van der Waals surface area contributed by atoms with Gasteiger partial charge in [0.05, 0.1) is 5.75 Å². The van der Waals surface area contributed by atoms with Crippen LogP contribution in [0.2, 0.25) is 0 Å². The number of rotatable bonds is 3. The van der Waals surface area contributed by atoms with Crippen LogP contribution >= 0.6 is 0 Å². The lowest BCUT2D eigenvalue weighted by molar-refractivity contribution is -0.0885. The normalized spacial score (nSPS) is 16.9. The maximum Gasteiger partial charge on any atom is 0.454 e. The molecule has 2 heterocycles. The lowest BCUT2D eigenvalue weighted by Gasteiger charge is -2.16. The number of benzene rings is 2. The summed E-state index contributed by atoms with van der Waals surface area (Å²) in [5.74, 6) is -1.37. The van der Waals surface area contributed by atoms with E-state index in [2.05, 4.69) is 0 Å². The number of alkyl halides is 3. The molecule has 0 bridgehead atoms. The number of fused-ring (bicyclic) bond motifs is 3. The van der Waals surface area contributed by atoms with Gasteiger partial charge in [0.2, 0.25) is 0 Å². The quantitative estimate of drug-likeness (QED) is 0.476. The van der Waals surface area contributed by atoms with Crippen molar-refractivity contribution in [1.82, 2.24) is 4.57 Å². The van der Waals surface area contributed by atoms with Crippen LogP contribution in [-0.2, 0) is 29.5 Å². The van der Waals surface area contributed by atoms with Crippen molar-refractivity contribution in [3.8, 4) is 0 Å². The van der Waals surface area contributed by atoms with Crippen molar-refractivity contribution in [3.63, 3.8) is 0 Å². The highest BCUT2D eigenvalue weighted by Crippen LogP contribution is 2.32. The van der Waals surface area contributed by atoms with Gasteiger partial charge in [-0.05, 0) is 35.7 Å². The van der Waals surface area contributed by atoms with Crippen molar-refractivity contribution < 1.29 is 26.6 Å². The molecule has 0 aliphatic carbocycles. The molecule has 1 aromatic heterocycles. The second kappa shape index (κ2) is 6.84. The van der Waals surface area contributed by atoms with Gasteiger partial charge in [-0.25, -0.2) is 4.39 Å². The van der Waals surface area contributed by atoms with Gasteiger partial charge in [0.25, 0.3) is 5.78 Å². The summed E-state index contributed by atoms with van der Waals surface area (Å²) in [6.07, 6.45) is -4.32. The average molecular weight is 409 g/mol. The Labute approximate surface area is 160 Å². The molecule has 0 saturated heterocycles. The summed E-state index contributed by atoms with van der Waals surface area (Å²) < 4.78 is 65.4. The molecule has 3 aromatic rings. The van der Waals surface area contributed by atoms with Crippen molar-refractivity contribution in [3.05, 3.63) is 70.7 Å². The van der Waals surface area contributed by atoms with E-state index in [1.165, 1.54) is 24.3 Å². The third-order valence-electron chi connectivity index (χ3n) is 4.93. The van der Waals surface area contributed by atoms with Crippen LogP contribution in [-0.4, -0.2) is 26.5 Å². The van der Waals surface area contributed by atoms with Crippen molar-refractivity contribution in [2.45, 2.75) is 24.9 Å². The second-order valence-corrected chi connectivity index (χ2v) is 8.31. The van der Waals surface area contributed by atoms with Gasteiger partial charge in [0.1, 0.15) is 5.82 Å². The average Bonchev–Trinajstić information content (AvgIpc) is 2.93. The summed E-state index contributed by atoms with van der Waals surface area (Å²) in [7, 11) is -0.994. The summed E-state index contributed by atoms with van der Waals surface area (Å²) in [4.78, 5) is 11.3. The smallest absolute Gasteiger partial charge is 0.340 e. The predicted molar refractivity (Wildman–Crippen MR) is 98.2 cm³/mol. The van der Waals surface area contributed by atoms with Gasteiger partial charge >= 0.3 is 6.18 Å². The van der Waals surface area contributed by atoms with Gasteiger partial charge in [-0.15, -0.1) is 0 Å². The zero-order valence-corrected chi connectivity index (χ0v) is 15.4. The Morgan fingerprint density at radius 1 is 1.11 bits per heavy atom. The molecule has 0 fully saturated rings. The Balaban J connectivity index is 1.73. The first-order valence-electron chi connectivity index (χ1n) is 8.59. The van der Waals surface area contributed by atoms with Crippen LogP contribution in [0.25, 0.3) is 10.9 Å². The molecule has 1 aliphatic rings. The fourth-order valence-corrected chi connectivity index (χ4v) is 4.84. The zero-order chi connectivity index (χ0) is 20.1. The molecular weight excluding hydrogens is 394 g/mol.